The van der Waals surface area contributed by atoms with Crippen LogP contribution in [0.3, 0.4) is 0 Å². The molecule has 2 aliphatic heterocycles. The lowest BCUT2D eigenvalue weighted by molar-refractivity contribution is 0.0449. The zero-order chi connectivity index (χ0) is 13.2. The summed E-state index contributed by atoms with van der Waals surface area (Å²) in [5.41, 5.74) is 1.16. The molecule has 3 heterocycles. The van der Waals surface area contributed by atoms with Gasteiger partial charge in [0.1, 0.15) is 0 Å². The molecule has 0 saturated carbocycles. The first-order chi connectivity index (χ1) is 9.24. The number of nitrogens with zero attached hydrogens (tertiary/aromatic N) is 4. The van der Waals surface area contributed by atoms with E-state index in [-0.39, 0.29) is 6.03 Å². The zero-order valence-electron chi connectivity index (χ0n) is 11.3. The molecule has 2 aliphatic rings. The predicted molar refractivity (Wildman–Crippen MR) is 70.0 cm³/mol. The molecule has 0 N–H and O–H groups in total. The Balaban J connectivity index is 1.60. The molecule has 6 nitrogen and oxygen atoms in total. The summed E-state index contributed by atoms with van der Waals surface area (Å²) in [5.74, 6) is 0. The van der Waals surface area contributed by atoms with E-state index in [2.05, 4.69) is 5.10 Å². The molecule has 1 aromatic heterocycles. The molecule has 1 unspecified atom stereocenters. The van der Waals surface area contributed by atoms with Crippen molar-refractivity contribution in [2.24, 2.45) is 0 Å². The standard InChI is InChI=1S/C13H20N4O2/c1-11-8-14-17(9-11)12-2-3-16(10-12)13(18)15-4-6-19-7-5-15/h8-9,12H,2-7,10H2,1H3. The third-order valence-electron chi connectivity index (χ3n) is 3.82. The van der Waals surface area contributed by atoms with Crippen molar-refractivity contribution < 1.29 is 9.53 Å². The van der Waals surface area contributed by atoms with E-state index >= 15 is 0 Å². The monoisotopic (exact) mass is 264 g/mol. The van der Waals surface area contributed by atoms with Gasteiger partial charge < -0.3 is 14.5 Å². The first-order valence-corrected chi connectivity index (χ1v) is 6.86. The van der Waals surface area contributed by atoms with Gasteiger partial charge in [-0.3, -0.25) is 4.68 Å². The summed E-state index contributed by atoms with van der Waals surface area (Å²) in [7, 11) is 0. The van der Waals surface area contributed by atoms with Crippen molar-refractivity contribution >= 4 is 6.03 Å². The van der Waals surface area contributed by atoms with Gasteiger partial charge in [-0.15, -0.1) is 0 Å². The lowest BCUT2D eigenvalue weighted by Crippen LogP contribution is -2.47. The number of carbonyl (C=O) groups excluding carboxylic acids is 1. The Morgan fingerprint density at radius 1 is 1.32 bits per heavy atom. The summed E-state index contributed by atoms with van der Waals surface area (Å²) in [6.45, 7) is 6.34. The molecule has 3 rings (SSSR count). The Labute approximate surface area is 112 Å². The molecule has 0 aromatic carbocycles. The Bertz CT molecular complexity index is 453. The Morgan fingerprint density at radius 2 is 2.11 bits per heavy atom. The number of hydrogen-bond donors (Lipinski definition) is 0. The molecule has 0 radical (unpaired) electrons. The first kappa shape index (κ1) is 12.5. The van der Waals surface area contributed by atoms with Gasteiger partial charge in [0.25, 0.3) is 0 Å². The fourth-order valence-corrected chi connectivity index (χ4v) is 2.72. The Hall–Kier alpha value is -1.56. The van der Waals surface area contributed by atoms with Gasteiger partial charge in [-0.05, 0) is 18.9 Å². The van der Waals surface area contributed by atoms with Gasteiger partial charge in [0, 0.05) is 32.4 Å². The smallest absolute Gasteiger partial charge is 0.320 e. The highest BCUT2D eigenvalue weighted by Crippen LogP contribution is 2.22. The minimum atomic E-state index is 0.148. The summed E-state index contributed by atoms with van der Waals surface area (Å²) in [6, 6.07) is 0.466. The van der Waals surface area contributed by atoms with Crippen LogP contribution >= 0.6 is 0 Å². The van der Waals surface area contributed by atoms with Crippen molar-refractivity contribution in [3.05, 3.63) is 18.0 Å². The summed E-state index contributed by atoms with van der Waals surface area (Å²) in [6.07, 6.45) is 4.90. The molecule has 0 spiro atoms. The van der Waals surface area contributed by atoms with Gasteiger partial charge in [0.05, 0.1) is 25.5 Å². The SMILES string of the molecule is Cc1cnn(C2CCN(C(=O)N3CCOCC3)C2)c1. The summed E-state index contributed by atoms with van der Waals surface area (Å²) < 4.78 is 7.27. The molecule has 2 fully saturated rings. The summed E-state index contributed by atoms with van der Waals surface area (Å²) >= 11 is 0. The van der Waals surface area contributed by atoms with Crippen molar-refractivity contribution in [1.29, 1.82) is 0 Å². The fourth-order valence-electron chi connectivity index (χ4n) is 2.72. The van der Waals surface area contributed by atoms with Crippen molar-refractivity contribution in [2.45, 2.75) is 19.4 Å². The number of morpholine rings is 1. The average molecular weight is 264 g/mol. The molecular weight excluding hydrogens is 244 g/mol. The number of ether oxygens (including phenoxy) is 1. The Morgan fingerprint density at radius 3 is 2.79 bits per heavy atom. The molecule has 0 aliphatic carbocycles. The van der Waals surface area contributed by atoms with Gasteiger partial charge >= 0.3 is 6.03 Å². The maximum absolute atomic E-state index is 12.3. The second-order valence-corrected chi connectivity index (χ2v) is 5.27. The highest BCUT2D eigenvalue weighted by molar-refractivity contribution is 5.74. The van der Waals surface area contributed by atoms with Crippen LogP contribution < -0.4 is 0 Å². The van der Waals surface area contributed by atoms with Gasteiger partial charge in [-0.2, -0.15) is 5.10 Å². The maximum Gasteiger partial charge on any atom is 0.320 e. The minimum absolute atomic E-state index is 0.148. The number of carbonyl (C=O) groups is 1. The molecule has 104 valence electrons. The molecule has 0 bridgehead atoms. The van der Waals surface area contributed by atoms with Crippen LogP contribution in [0, 0.1) is 6.92 Å². The number of aryl methyl sites for hydroxylation is 1. The topological polar surface area (TPSA) is 50.6 Å². The van der Waals surface area contributed by atoms with Crippen LogP contribution in [0.4, 0.5) is 4.79 Å². The van der Waals surface area contributed by atoms with E-state index in [4.69, 9.17) is 4.74 Å². The van der Waals surface area contributed by atoms with Crippen molar-refractivity contribution in [2.75, 3.05) is 39.4 Å². The van der Waals surface area contributed by atoms with E-state index < -0.39 is 0 Å². The van der Waals surface area contributed by atoms with Gasteiger partial charge in [0.2, 0.25) is 0 Å². The maximum atomic E-state index is 12.3. The number of amides is 2. The van der Waals surface area contributed by atoms with Crippen LogP contribution in [0.1, 0.15) is 18.0 Å². The second-order valence-electron chi connectivity index (χ2n) is 5.27. The van der Waals surface area contributed by atoms with E-state index in [1.807, 2.05) is 33.8 Å². The summed E-state index contributed by atoms with van der Waals surface area (Å²) in [5, 5.41) is 4.35. The molecule has 1 atom stereocenters. The third kappa shape index (κ3) is 2.58. The number of urea groups is 1. The molecular formula is C13H20N4O2. The first-order valence-electron chi connectivity index (χ1n) is 6.86. The number of aromatic nitrogens is 2. The number of hydrogen-bond acceptors (Lipinski definition) is 3. The van der Waals surface area contributed by atoms with Crippen LogP contribution in [-0.2, 0) is 4.74 Å². The van der Waals surface area contributed by atoms with E-state index in [0.29, 0.717) is 32.3 Å². The van der Waals surface area contributed by atoms with Crippen LogP contribution in [0.5, 0.6) is 0 Å². The van der Waals surface area contributed by atoms with Crippen LogP contribution in [0.25, 0.3) is 0 Å². The molecule has 2 saturated heterocycles. The van der Waals surface area contributed by atoms with E-state index in [9.17, 15) is 4.79 Å². The number of likely N-dealkylation sites (tertiary alicyclic amines) is 1. The molecule has 2 amide bonds. The molecule has 6 heteroatoms. The van der Waals surface area contributed by atoms with Crippen molar-refractivity contribution in [3.8, 4) is 0 Å². The lowest BCUT2D eigenvalue weighted by atomic mass is 10.3. The average Bonchev–Trinajstić information content (AvgIpc) is 3.07. The van der Waals surface area contributed by atoms with Crippen LogP contribution in [0.15, 0.2) is 12.4 Å². The Kier molecular flexibility index (Phi) is 3.42. The minimum Gasteiger partial charge on any atom is -0.378 e. The normalized spacial score (nSPS) is 23.9. The highest BCUT2D eigenvalue weighted by Gasteiger charge is 2.31. The summed E-state index contributed by atoms with van der Waals surface area (Å²) in [4.78, 5) is 16.2. The predicted octanol–water partition coefficient (Wildman–Crippen LogP) is 0.891. The number of rotatable bonds is 1. The van der Waals surface area contributed by atoms with Crippen LogP contribution in [-0.4, -0.2) is 65.0 Å². The zero-order valence-corrected chi connectivity index (χ0v) is 11.3. The largest absolute Gasteiger partial charge is 0.378 e. The van der Waals surface area contributed by atoms with Gasteiger partial charge in [0.15, 0.2) is 0 Å². The van der Waals surface area contributed by atoms with E-state index in [1.54, 1.807) is 0 Å². The van der Waals surface area contributed by atoms with Gasteiger partial charge in [-0.1, -0.05) is 0 Å². The highest BCUT2D eigenvalue weighted by atomic mass is 16.5. The van der Waals surface area contributed by atoms with E-state index in [0.717, 1.165) is 25.1 Å². The molecule has 19 heavy (non-hydrogen) atoms. The van der Waals surface area contributed by atoms with Crippen LogP contribution in [0.2, 0.25) is 0 Å². The van der Waals surface area contributed by atoms with Crippen molar-refractivity contribution in [1.82, 2.24) is 19.6 Å². The lowest BCUT2D eigenvalue weighted by Gasteiger charge is -2.30. The fraction of sp³-hybridized carbons (Fsp3) is 0.692. The van der Waals surface area contributed by atoms with E-state index in [1.165, 1.54) is 0 Å². The van der Waals surface area contributed by atoms with Gasteiger partial charge in [-0.25, -0.2) is 4.79 Å². The third-order valence-corrected chi connectivity index (χ3v) is 3.82. The molecule has 1 aromatic rings. The second kappa shape index (κ2) is 5.21. The quantitative estimate of drug-likeness (QED) is 0.757. The van der Waals surface area contributed by atoms with Crippen molar-refractivity contribution in [3.63, 3.8) is 0 Å².